The molecule has 2 N–H and O–H groups in total. The monoisotopic (exact) mass is 590 g/mol. The molecule has 8 heteroatoms. The summed E-state index contributed by atoms with van der Waals surface area (Å²) in [5.41, 5.74) is 3.56. The Morgan fingerprint density at radius 1 is 1.00 bits per heavy atom. The number of benzene rings is 2. The molecule has 2 unspecified atom stereocenters. The number of hydrogen-bond acceptors (Lipinski definition) is 6. The highest BCUT2D eigenvalue weighted by atomic mass is 32.2. The normalized spacial score (nSPS) is 17.8. The van der Waals surface area contributed by atoms with Crippen LogP contribution in [0.15, 0.2) is 59.5 Å². The predicted molar refractivity (Wildman–Crippen MR) is 167 cm³/mol. The lowest BCUT2D eigenvalue weighted by molar-refractivity contribution is -0.120. The van der Waals surface area contributed by atoms with Crippen LogP contribution in [0.3, 0.4) is 0 Å². The van der Waals surface area contributed by atoms with Gasteiger partial charge >= 0.3 is 5.97 Å². The summed E-state index contributed by atoms with van der Waals surface area (Å²) in [5, 5.41) is 6.38. The number of nitrogens with one attached hydrogen (secondary N) is 2. The summed E-state index contributed by atoms with van der Waals surface area (Å²) < 4.78 is 5.14. The Bertz CT molecular complexity index is 1380. The molecule has 2 aliphatic carbocycles. The van der Waals surface area contributed by atoms with Crippen molar-refractivity contribution in [2.75, 3.05) is 17.7 Å². The fourth-order valence-corrected chi connectivity index (χ4v) is 8.27. The minimum Gasteiger partial charge on any atom is -0.465 e. The van der Waals surface area contributed by atoms with Crippen LogP contribution in [0, 0.1) is 5.92 Å². The van der Waals surface area contributed by atoms with E-state index in [4.69, 9.17) is 4.74 Å². The highest BCUT2D eigenvalue weighted by molar-refractivity contribution is 8.00. The van der Waals surface area contributed by atoms with Gasteiger partial charge in [-0.3, -0.25) is 9.59 Å². The predicted octanol–water partition coefficient (Wildman–Crippen LogP) is 7.84. The number of esters is 1. The fraction of sp³-hybridized carbons (Fsp3) is 0.424. The molecule has 5 rings (SSSR count). The van der Waals surface area contributed by atoms with Gasteiger partial charge in [0, 0.05) is 21.4 Å². The van der Waals surface area contributed by atoms with Crippen LogP contribution >= 0.6 is 23.1 Å². The number of hydrogen-bond donors (Lipinski definition) is 2. The summed E-state index contributed by atoms with van der Waals surface area (Å²) in [6, 6.07) is 18.2. The number of amides is 2. The zero-order valence-electron chi connectivity index (χ0n) is 23.7. The molecule has 2 aromatic carbocycles. The SMILES string of the molecule is CCC(Sc1cccc(NC(=O)C2CCCCC2)c1)C(=O)Nc1sc2c(c1C(=O)OC)CCC(c1ccccc1)C2. The Labute approximate surface area is 250 Å². The molecule has 1 fully saturated rings. The second kappa shape index (κ2) is 13.7. The molecule has 0 radical (unpaired) electrons. The van der Waals surface area contributed by atoms with Crippen LogP contribution in [0.1, 0.15) is 84.1 Å². The molecule has 3 aromatic rings. The van der Waals surface area contributed by atoms with Crippen molar-refractivity contribution in [2.45, 2.75) is 80.8 Å². The fourth-order valence-electron chi connectivity index (χ4n) is 5.94. The molecular formula is C33H38N2O4S2. The van der Waals surface area contributed by atoms with Crippen LogP contribution in [0.25, 0.3) is 0 Å². The number of anilines is 2. The van der Waals surface area contributed by atoms with E-state index in [0.29, 0.717) is 22.9 Å². The maximum atomic E-state index is 13.5. The van der Waals surface area contributed by atoms with Crippen molar-refractivity contribution in [3.63, 3.8) is 0 Å². The summed E-state index contributed by atoms with van der Waals surface area (Å²) >= 11 is 2.97. The number of thioether (sulfide) groups is 1. The van der Waals surface area contributed by atoms with E-state index in [1.165, 1.54) is 42.2 Å². The Balaban J connectivity index is 1.29. The number of methoxy groups -OCH3 is 1. The molecule has 0 spiro atoms. The number of carbonyl (C=O) groups is 3. The molecule has 0 bridgehead atoms. The van der Waals surface area contributed by atoms with Gasteiger partial charge in [0.25, 0.3) is 0 Å². The second-order valence-corrected chi connectivity index (χ2v) is 13.3. The molecule has 0 saturated heterocycles. The number of fused-ring (bicyclic) bond motifs is 1. The van der Waals surface area contributed by atoms with E-state index in [9.17, 15) is 14.4 Å². The summed E-state index contributed by atoms with van der Waals surface area (Å²) in [5.74, 6) is 0.0118. The molecule has 6 nitrogen and oxygen atoms in total. The van der Waals surface area contributed by atoms with Gasteiger partial charge in [0.2, 0.25) is 11.8 Å². The molecule has 2 atom stereocenters. The number of carbonyl (C=O) groups excluding carboxylic acids is 3. The first-order chi connectivity index (χ1) is 20.0. The first kappa shape index (κ1) is 29.4. The first-order valence-corrected chi connectivity index (χ1v) is 16.3. The minimum atomic E-state index is -0.405. The summed E-state index contributed by atoms with van der Waals surface area (Å²) in [6.07, 6.45) is 8.51. The van der Waals surface area contributed by atoms with Crippen molar-refractivity contribution in [1.29, 1.82) is 0 Å². The van der Waals surface area contributed by atoms with E-state index >= 15 is 0 Å². The number of rotatable bonds is 9. The Morgan fingerprint density at radius 3 is 2.51 bits per heavy atom. The third kappa shape index (κ3) is 7.04. The van der Waals surface area contributed by atoms with Gasteiger partial charge < -0.3 is 15.4 Å². The van der Waals surface area contributed by atoms with Crippen molar-refractivity contribution >= 4 is 51.6 Å². The smallest absolute Gasteiger partial charge is 0.341 e. The quantitative estimate of drug-likeness (QED) is 0.196. The van der Waals surface area contributed by atoms with E-state index in [2.05, 4.69) is 34.9 Å². The highest BCUT2D eigenvalue weighted by Crippen LogP contribution is 2.43. The maximum absolute atomic E-state index is 13.5. The van der Waals surface area contributed by atoms with Gasteiger partial charge in [0.05, 0.1) is 17.9 Å². The van der Waals surface area contributed by atoms with Gasteiger partial charge in [0.1, 0.15) is 5.00 Å². The molecule has 2 amide bonds. The van der Waals surface area contributed by atoms with Crippen LogP contribution in [0.4, 0.5) is 10.7 Å². The summed E-state index contributed by atoms with van der Waals surface area (Å²) in [7, 11) is 1.39. The maximum Gasteiger partial charge on any atom is 0.341 e. The Kier molecular flexibility index (Phi) is 9.83. The van der Waals surface area contributed by atoms with Gasteiger partial charge in [-0.05, 0) is 73.8 Å². The third-order valence-electron chi connectivity index (χ3n) is 8.18. The molecule has 1 aromatic heterocycles. The average Bonchev–Trinajstić information content (AvgIpc) is 3.37. The Morgan fingerprint density at radius 2 is 1.78 bits per heavy atom. The van der Waals surface area contributed by atoms with Gasteiger partial charge in [-0.15, -0.1) is 23.1 Å². The molecule has 0 aliphatic heterocycles. The van der Waals surface area contributed by atoms with Gasteiger partial charge in [-0.25, -0.2) is 4.79 Å². The van der Waals surface area contributed by atoms with E-state index in [1.54, 1.807) is 0 Å². The molecule has 2 aliphatic rings. The van der Waals surface area contributed by atoms with Crippen molar-refractivity contribution < 1.29 is 19.1 Å². The summed E-state index contributed by atoms with van der Waals surface area (Å²) in [4.78, 5) is 41.2. The van der Waals surface area contributed by atoms with Crippen molar-refractivity contribution in [3.8, 4) is 0 Å². The van der Waals surface area contributed by atoms with Crippen molar-refractivity contribution in [1.82, 2.24) is 0 Å². The van der Waals surface area contributed by atoms with Crippen molar-refractivity contribution in [2.24, 2.45) is 5.92 Å². The lowest BCUT2D eigenvalue weighted by Crippen LogP contribution is -2.25. The van der Waals surface area contributed by atoms with Crippen LogP contribution in [0.2, 0.25) is 0 Å². The van der Waals surface area contributed by atoms with E-state index in [-0.39, 0.29) is 23.0 Å². The first-order valence-electron chi connectivity index (χ1n) is 14.6. The second-order valence-electron chi connectivity index (χ2n) is 10.9. The number of ether oxygens (including phenoxy) is 1. The van der Waals surface area contributed by atoms with E-state index < -0.39 is 5.97 Å². The van der Waals surface area contributed by atoms with E-state index in [0.717, 1.165) is 66.0 Å². The van der Waals surface area contributed by atoms with Gasteiger partial charge in [-0.2, -0.15) is 0 Å². The van der Waals surface area contributed by atoms with Gasteiger partial charge in [-0.1, -0.05) is 62.6 Å². The topological polar surface area (TPSA) is 84.5 Å². The van der Waals surface area contributed by atoms with Gasteiger partial charge in [0.15, 0.2) is 0 Å². The lowest BCUT2D eigenvalue weighted by atomic mass is 9.83. The van der Waals surface area contributed by atoms with Crippen LogP contribution in [-0.4, -0.2) is 30.1 Å². The standard InChI is InChI=1S/C33H38N2O4S2/c1-3-27(40-25-16-10-15-24(20-25)34-30(36)22-13-8-5-9-14-22)31(37)35-32-29(33(38)39-2)26-18-17-23(19-28(26)41-32)21-11-6-4-7-12-21/h4,6-7,10-12,15-16,20,22-23,27H,3,5,8-9,13-14,17-19H2,1-2H3,(H,34,36)(H,35,37). The van der Waals surface area contributed by atoms with Crippen LogP contribution < -0.4 is 10.6 Å². The Hall–Kier alpha value is -3.10. The largest absolute Gasteiger partial charge is 0.465 e. The zero-order chi connectivity index (χ0) is 28.8. The van der Waals surface area contributed by atoms with Crippen molar-refractivity contribution in [3.05, 3.63) is 76.2 Å². The third-order valence-corrected chi connectivity index (χ3v) is 10.7. The summed E-state index contributed by atoms with van der Waals surface area (Å²) in [6.45, 7) is 1.98. The molecule has 1 heterocycles. The molecular weight excluding hydrogens is 553 g/mol. The molecule has 1 saturated carbocycles. The average molecular weight is 591 g/mol. The highest BCUT2D eigenvalue weighted by Gasteiger charge is 2.31. The number of thiophene rings is 1. The van der Waals surface area contributed by atoms with Crippen LogP contribution in [-0.2, 0) is 27.2 Å². The van der Waals surface area contributed by atoms with Crippen LogP contribution in [0.5, 0.6) is 0 Å². The van der Waals surface area contributed by atoms with E-state index in [1.807, 2.05) is 37.3 Å². The zero-order valence-corrected chi connectivity index (χ0v) is 25.4. The lowest BCUT2D eigenvalue weighted by Gasteiger charge is -2.22. The molecule has 41 heavy (non-hydrogen) atoms. The minimum absolute atomic E-state index is 0.0813. The molecule has 216 valence electrons.